The molecule has 0 radical (unpaired) electrons. The van der Waals surface area contributed by atoms with Gasteiger partial charge in [-0.05, 0) is 12.5 Å². The molecule has 0 aromatic heterocycles. The normalized spacial score (nSPS) is 9.86. The van der Waals surface area contributed by atoms with Crippen LogP contribution in [0.4, 0.5) is 4.48 Å². The molecule has 3 heteroatoms. The Morgan fingerprint density at radius 3 is 2.43 bits per heavy atom. The van der Waals surface area contributed by atoms with Gasteiger partial charge in [-0.2, -0.15) is 5.12 Å². The Kier molecular flexibility index (Phi) is 8.19. The number of hydrogen-bond acceptors (Lipinski definition) is 1. The minimum absolute atomic E-state index is 0.191. The lowest BCUT2D eigenvalue weighted by molar-refractivity contribution is -0.140. The van der Waals surface area contributed by atoms with Crippen LogP contribution in [-0.4, -0.2) is 17.6 Å². The van der Waals surface area contributed by atoms with Gasteiger partial charge in [0.25, 0.3) is 5.91 Å². The minimum Gasteiger partial charge on any atom is -0.267 e. The summed E-state index contributed by atoms with van der Waals surface area (Å²) in [5.74, 6) is -0.640. The Hall–Kier alpha value is -0.860. The predicted molar refractivity (Wildman–Crippen MR) is 56.4 cm³/mol. The van der Waals surface area contributed by atoms with Gasteiger partial charge < -0.3 is 0 Å². The number of nitrogens with zero attached hydrogens (tertiary/aromatic N) is 1. The van der Waals surface area contributed by atoms with Crippen LogP contribution in [0.25, 0.3) is 0 Å². The van der Waals surface area contributed by atoms with Gasteiger partial charge >= 0.3 is 0 Å². The van der Waals surface area contributed by atoms with Gasteiger partial charge in [-0.1, -0.05) is 50.1 Å². The Labute approximate surface area is 85.7 Å². The van der Waals surface area contributed by atoms with Gasteiger partial charge in [-0.3, -0.25) is 4.79 Å². The largest absolute Gasteiger partial charge is 0.273 e. The molecule has 0 heterocycles. The first-order valence-electron chi connectivity index (χ1n) is 5.32. The van der Waals surface area contributed by atoms with Crippen LogP contribution < -0.4 is 0 Å². The van der Waals surface area contributed by atoms with E-state index in [0.717, 1.165) is 25.3 Å². The third-order valence-electron chi connectivity index (χ3n) is 2.12. The molecule has 0 spiro atoms. The summed E-state index contributed by atoms with van der Waals surface area (Å²) in [5.41, 5.74) is 0. The van der Waals surface area contributed by atoms with Crippen molar-refractivity contribution in [3.8, 4) is 0 Å². The monoisotopic (exact) mass is 201 g/mol. The molecule has 0 aromatic rings. The van der Waals surface area contributed by atoms with Crippen LogP contribution in [0.15, 0.2) is 12.7 Å². The summed E-state index contributed by atoms with van der Waals surface area (Å²) < 4.78 is 12.8. The van der Waals surface area contributed by atoms with Crippen LogP contribution in [0.5, 0.6) is 0 Å². The molecule has 82 valence electrons. The molecule has 0 saturated carbocycles. The quantitative estimate of drug-likeness (QED) is 0.335. The van der Waals surface area contributed by atoms with Crippen molar-refractivity contribution >= 4 is 5.91 Å². The van der Waals surface area contributed by atoms with E-state index in [1.54, 1.807) is 0 Å². The van der Waals surface area contributed by atoms with Crippen molar-refractivity contribution in [2.24, 2.45) is 0 Å². The first-order chi connectivity index (χ1) is 6.72. The number of amides is 1. The molecule has 0 atom stereocenters. The van der Waals surface area contributed by atoms with Crippen LogP contribution in [0, 0.1) is 0 Å². The highest BCUT2D eigenvalue weighted by Gasteiger charge is 2.06. The van der Waals surface area contributed by atoms with E-state index in [4.69, 9.17) is 0 Å². The summed E-state index contributed by atoms with van der Waals surface area (Å²) in [6.07, 6.45) is 7.51. The highest BCUT2D eigenvalue weighted by atomic mass is 19.2. The second kappa shape index (κ2) is 8.73. The third-order valence-corrected chi connectivity index (χ3v) is 2.12. The second-order valence-electron chi connectivity index (χ2n) is 3.40. The summed E-state index contributed by atoms with van der Waals surface area (Å²) in [6.45, 7) is 5.57. The summed E-state index contributed by atoms with van der Waals surface area (Å²) in [6, 6.07) is 0. The topological polar surface area (TPSA) is 20.3 Å². The van der Waals surface area contributed by atoms with Crippen LogP contribution >= 0.6 is 0 Å². The maximum atomic E-state index is 12.8. The van der Waals surface area contributed by atoms with Gasteiger partial charge in [0.1, 0.15) is 0 Å². The molecule has 0 N–H and O–H groups in total. The average molecular weight is 201 g/mol. The highest BCUT2D eigenvalue weighted by molar-refractivity contribution is 5.85. The number of carbonyl (C=O) groups excluding carboxylic acids is 1. The summed E-state index contributed by atoms with van der Waals surface area (Å²) in [7, 11) is 0. The van der Waals surface area contributed by atoms with Crippen molar-refractivity contribution in [3.05, 3.63) is 12.7 Å². The van der Waals surface area contributed by atoms with E-state index >= 15 is 0 Å². The van der Waals surface area contributed by atoms with Crippen molar-refractivity contribution in [2.75, 3.05) is 6.54 Å². The molecular weight excluding hydrogens is 181 g/mol. The van der Waals surface area contributed by atoms with E-state index in [0.29, 0.717) is 0 Å². The summed E-state index contributed by atoms with van der Waals surface area (Å²) >= 11 is 0. The van der Waals surface area contributed by atoms with E-state index < -0.39 is 5.91 Å². The molecule has 0 aliphatic rings. The van der Waals surface area contributed by atoms with Crippen molar-refractivity contribution < 1.29 is 9.28 Å². The maximum absolute atomic E-state index is 12.8. The first kappa shape index (κ1) is 13.1. The fourth-order valence-corrected chi connectivity index (χ4v) is 1.24. The number of hydrogen-bond donors (Lipinski definition) is 0. The zero-order chi connectivity index (χ0) is 10.8. The van der Waals surface area contributed by atoms with Crippen molar-refractivity contribution in [1.82, 2.24) is 5.12 Å². The predicted octanol–water partition coefficient (Wildman–Crippen LogP) is 3.25. The lowest BCUT2D eigenvalue weighted by Gasteiger charge is -2.08. The summed E-state index contributed by atoms with van der Waals surface area (Å²) in [4.78, 5) is 10.7. The smallest absolute Gasteiger partial charge is 0.267 e. The van der Waals surface area contributed by atoms with E-state index in [9.17, 15) is 9.28 Å². The van der Waals surface area contributed by atoms with E-state index in [-0.39, 0.29) is 11.7 Å². The molecule has 0 aliphatic carbocycles. The molecule has 0 saturated heterocycles. The minimum atomic E-state index is -0.640. The van der Waals surface area contributed by atoms with E-state index in [1.807, 2.05) is 0 Å². The van der Waals surface area contributed by atoms with Gasteiger partial charge in [0.15, 0.2) is 0 Å². The molecule has 0 rings (SSSR count). The molecule has 0 bridgehead atoms. The van der Waals surface area contributed by atoms with E-state index in [1.165, 1.54) is 19.3 Å². The number of carbonyl (C=O) groups is 1. The van der Waals surface area contributed by atoms with Crippen LogP contribution in [-0.2, 0) is 4.79 Å². The Morgan fingerprint density at radius 1 is 1.29 bits per heavy atom. The lowest BCUT2D eigenvalue weighted by Crippen LogP contribution is -2.21. The standard InChI is InChI=1S/C11H20FNO/c1-3-5-6-7-8-9-10-13(12)11(14)4-2/h4H,2-3,5-10H2,1H3. The maximum Gasteiger partial charge on any atom is 0.273 e. The van der Waals surface area contributed by atoms with Crippen molar-refractivity contribution in [1.29, 1.82) is 0 Å². The molecule has 0 fully saturated rings. The van der Waals surface area contributed by atoms with Crippen LogP contribution in [0.2, 0.25) is 0 Å². The average Bonchev–Trinajstić information content (AvgIpc) is 2.21. The number of halogens is 1. The molecule has 0 aromatic carbocycles. The molecule has 2 nitrogen and oxygen atoms in total. The number of rotatable bonds is 8. The van der Waals surface area contributed by atoms with Crippen LogP contribution in [0.1, 0.15) is 45.4 Å². The molecule has 14 heavy (non-hydrogen) atoms. The fourth-order valence-electron chi connectivity index (χ4n) is 1.24. The molecule has 0 unspecified atom stereocenters. The fraction of sp³-hybridized carbons (Fsp3) is 0.727. The second-order valence-corrected chi connectivity index (χ2v) is 3.40. The van der Waals surface area contributed by atoms with Crippen LogP contribution in [0.3, 0.4) is 0 Å². The Balaban J connectivity index is 3.27. The zero-order valence-electron chi connectivity index (χ0n) is 8.97. The van der Waals surface area contributed by atoms with Gasteiger partial charge in [0, 0.05) is 0 Å². The summed E-state index contributed by atoms with van der Waals surface area (Å²) in [5, 5.41) is 0.229. The highest BCUT2D eigenvalue weighted by Crippen LogP contribution is 2.06. The molecular formula is C11H20FNO. The Morgan fingerprint density at radius 2 is 1.86 bits per heavy atom. The Bertz CT molecular complexity index is 171. The first-order valence-corrected chi connectivity index (χ1v) is 5.32. The van der Waals surface area contributed by atoms with Gasteiger partial charge in [-0.25, -0.2) is 0 Å². The third kappa shape index (κ3) is 6.63. The molecule has 0 aliphatic heterocycles. The van der Waals surface area contributed by atoms with Crippen molar-refractivity contribution in [3.63, 3.8) is 0 Å². The van der Waals surface area contributed by atoms with Gasteiger partial charge in [0.2, 0.25) is 0 Å². The zero-order valence-corrected chi connectivity index (χ0v) is 8.97. The van der Waals surface area contributed by atoms with Crippen molar-refractivity contribution in [2.45, 2.75) is 45.4 Å². The van der Waals surface area contributed by atoms with Gasteiger partial charge in [0.05, 0.1) is 6.54 Å². The van der Waals surface area contributed by atoms with E-state index in [2.05, 4.69) is 13.5 Å². The lowest BCUT2D eigenvalue weighted by atomic mass is 10.1. The number of unbranched alkanes of at least 4 members (excludes halogenated alkanes) is 5. The molecule has 1 amide bonds. The SMILES string of the molecule is C=CC(=O)N(F)CCCCCCCC. The van der Waals surface area contributed by atoms with Gasteiger partial charge in [-0.15, -0.1) is 0 Å².